The van der Waals surface area contributed by atoms with Gasteiger partial charge < -0.3 is 15.4 Å². The highest BCUT2D eigenvalue weighted by Gasteiger charge is 2.04. The van der Waals surface area contributed by atoms with Crippen molar-refractivity contribution in [1.82, 2.24) is 10.6 Å². The number of nitrogens with one attached hydrogen (secondary N) is 2. The van der Waals surface area contributed by atoms with Gasteiger partial charge in [-0.25, -0.2) is 4.79 Å². The molecule has 128 valence electrons. The molecule has 0 bridgehead atoms. The van der Waals surface area contributed by atoms with Gasteiger partial charge in [-0.05, 0) is 61.2 Å². The van der Waals surface area contributed by atoms with Crippen LogP contribution in [0.5, 0.6) is 5.75 Å². The molecule has 2 amide bonds. The number of benzene rings is 2. The lowest BCUT2D eigenvalue weighted by atomic mass is 10.1. The van der Waals surface area contributed by atoms with E-state index >= 15 is 0 Å². The van der Waals surface area contributed by atoms with Gasteiger partial charge in [0.1, 0.15) is 5.75 Å². The first-order valence-corrected chi connectivity index (χ1v) is 8.37. The Kier molecular flexibility index (Phi) is 6.76. The predicted molar refractivity (Wildman–Crippen MR) is 98.1 cm³/mol. The van der Waals surface area contributed by atoms with E-state index < -0.39 is 0 Å². The molecule has 0 unspecified atom stereocenters. The van der Waals surface area contributed by atoms with Crippen LogP contribution >= 0.6 is 23.2 Å². The first kappa shape index (κ1) is 18.4. The summed E-state index contributed by atoms with van der Waals surface area (Å²) < 4.78 is 5.53. The van der Waals surface area contributed by atoms with Gasteiger partial charge in [0.25, 0.3) is 0 Å². The molecule has 0 aliphatic heterocycles. The van der Waals surface area contributed by atoms with Crippen molar-refractivity contribution in [2.24, 2.45) is 0 Å². The zero-order valence-electron chi connectivity index (χ0n) is 13.7. The zero-order valence-corrected chi connectivity index (χ0v) is 15.2. The van der Waals surface area contributed by atoms with Crippen LogP contribution in [0, 0.1) is 13.8 Å². The number of aryl methyl sites for hydroxylation is 2. The monoisotopic (exact) mass is 366 g/mol. The van der Waals surface area contributed by atoms with Crippen LogP contribution in [0.25, 0.3) is 0 Å². The Morgan fingerprint density at radius 3 is 2.46 bits per heavy atom. The molecule has 0 fully saturated rings. The average Bonchev–Trinajstić information content (AvgIpc) is 2.52. The number of urea groups is 1. The Morgan fingerprint density at radius 1 is 1.08 bits per heavy atom. The summed E-state index contributed by atoms with van der Waals surface area (Å²) in [4.78, 5) is 11.7. The number of hydrogen-bond acceptors (Lipinski definition) is 2. The van der Waals surface area contributed by atoms with Crippen molar-refractivity contribution < 1.29 is 9.53 Å². The van der Waals surface area contributed by atoms with Gasteiger partial charge in [0.05, 0.1) is 0 Å². The molecule has 0 atom stereocenters. The second-order valence-electron chi connectivity index (χ2n) is 5.47. The predicted octanol–water partition coefficient (Wildman–Crippen LogP) is 4.49. The van der Waals surface area contributed by atoms with Crippen molar-refractivity contribution in [2.75, 3.05) is 13.3 Å². The maximum atomic E-state index is 11.7. The summed E-state index contributed by atoms with van der Waals surface area (Å²) in [5.74, 6) is 0.675. The van der Waals surface area contributed by atoms with Crippen LogP contribution in [-0.4, -0.2) is 19.3 Å². The third kappa shape index (κ3) is 5.62. The molecule has 0 saturated carbocycles. The van der Waals surface area contributed by atoms with Gasteiger partial charge in [-0.15, -0.1) is 0 Å². The van der Waals surface area contributed by atoms with Crippen LogP contribution in [0.15, 0.2) is 36.4 Å². The lowest BCUT2D eigenvalue weighted by Crippen LogP contribution is -2.38. The normalized spacial score (nSPS) is 10.3. The average molecular weight is 367 g/mol. The summed E-state index contributed by atoms with van der Waals surface area (Å²) in [7, 11) is 0. The van der Waals surface area contributed by atoms with E-state index in [1.807, 2.05) is 50.2 Å². The zero-order chi connectivity index (χ0) is 17.5. The SMILES string of the molecule is Cc1cc(OCNC(=O)NCCc2cccc(Cl)c2)cc(C)c1Cl. The number of amides is 2. The summed E-state index contributed by atoms with van der Waals surface area (Å²) >= 11 is 12.0. The molecule has 0 aromatic heterocycles. The highest BCUT2D eigenvalue weighted by molar-refractivity contribution is 6.32. The van der Waals surface area contributed by atoms with Crippen molar-refractivity contribution in [3.63, 3.8) is 0 Å². The smallest absolute Gasteiger partial charge is 0.317 e. The number of hydrogen-bond donors (Lipinski definition) is 2. The van der Waals surface area contributed by atoms with E-state index in [2.05, 4.69) is 10.6 Å². The molecule has 0 aliphatic carbocycles. The molecule has 2 aromatic carbocycles. The van der Waals surface area contributed by atoms with Crippen molar-refractivity contribution >= 4 is 29.2 Å². The molecule has 0 saturated heterocycles. The van der Waals surface area contributed by atoms with Crippen molar-refractivity contribution in [3.8, 4) is 5.75 Å². The van der Waals surface area contributed by atoms with E-state index in [1.54, 1.807) is 0 Å². The van der Waals surface area contributed by atoms with Crippen LogP contribution in [0.1, 0.15) is 16.7 Å². The van der Waals surface area contributed by atoms with Gasteiger partial charge >= 0.3 is 6.03 Å². The third-order valence-electron chi connectivity index (χ3n) is 3.47. The van der Waals surface area contributed by atoms with Gasteiger partial charge in [0.2, 0.25) is 0 Å². The molecule has 2 N–H and O–H groups in total. The molecule has 4 nitrogen and oxygen atoms in total. The molecule has 0 spiro atoms. The Morgan fingerprint density at radius 2 is 1.79 bits per heavy atom. The van der Waals surface area contributed by atoms with Crippen LogP contribution < -0.4 is 15.4 Å². The van der Waals surface area contributed by atoms with Crippen LogP contribution in [-0.2, 0) is 6.42 Å². The molecule has 0 aliphatic rings. The fourth-order valence-electron chi connectivity index (χ4n) is 2.25. The summed E-state index contributed by atoms with van der Waals surface area (Å²) in [6.07, 6.45) is 0.713. The molecule has 2 rings (SSSR count). The van der Waals surface area contributed by atoms with Gasteiger partial charge in [-0.2, -0.15) is 0 Å². The van der Waals surface area contributed by atoms with E-state index in [0.29, 0.717) is 23.7 Å². The summed E-state index contributed by atoms with van der Waals surface area (Å²) in [5, 5.41) is 6.85. The van der Waals surface area contributed by atoms with Crippen LogP contribution in [0.3, 0.4) is 0 Å². The second kappa shape index (κ2) is 8.81. The topological polar surface area (TPSA) is 50.4 Å². The molecule has 6 heteroatoms. The van der Waals surface area contributed by atoms with Crippen LogP contribution in [0.4, 0.5) is 4.79 Å². The standard InChI is InChI=1S/C18H20Cl2N2O2/c1-12-8-16(9-13(2)17(12)20)24-11-22-18(23)21-7-6-14-4-3-5-15(19)10-14/h3-5,8-10H,6-7,11H2,1-2H3,(H2,21,22,23). The van der Waals surface area contributed by atoms with Crippen LogP contribution in [0.2, 0.25) is 10.0 Å². The Bertz CT molecular complexity index is 697. The van der Waals surface area contributed by atoms with Gasteiger partial charge in [-0.1, -0.05) is 35.3 Å². The molecule has 2 aromatic rings. The summed E-state index contributed by atoms with van der Waals surface area (Å²) in [6, 6.07) is 11.0. The fraction of sp³-hybridized carbons (Fsp3) is 0.278. The maximum Gasteiger partial charge on any atom is 0.317 e. The minimum absolute atomic E-state index is 0.0868. The molecular weight excluding hydrogens is 347 g/mol. The first-order valence-electron chi connectivity index (χ1n) is 7.61. The quantitative estimate of drug-likeness (QED) is 0.740. The third-order valence-corrected chi connectivity index (χ3v) is 4.30. The van der Waals surface area contributed by atoms with Crippen molar-refractivity contribution in [1.29, 1.82) is 0 Å². The number of rotatable bonds is 6. The van der Waals surface area contributed by atoms with Gasteiger partial charge in [0, 0.05) is 16.6 Å². The first-order chi connectivity index (χ1) is 11.5. The van der Waals surface area contributed by atoms with E-state index in [-0.39, 0.29) is 12.8 Å². The maximum absolute atomic E-state index is 11.7. The number of ether oxygens (including phenoxy) is 1. The minimum Gasteiger partial charge on any atom is -0.473 e. The van der Waals surface area contributed by atoms with E-state index in [0.717, 1.165) is 21.7 Å². The second-order valence-corrected chi connectivity index (χ2v) is 6.29. The minimum atomic E-state index is -0.278. The van der Waals surface area contributed by atoms with E-state index in [9.17, 15) is 4.79 Å². The van der Waals surface area contributed by atoms with E-state index in [4.69, 9.17) is 27.9 Å². The summed E-state index contributed by atoms with van der Waals surface area (Å²) in [5.41, 5.74) is 2.96. The van der Waals surface area contributed by atoms with Gasteiger partial charge in [-0.3, -0.25) is 0 Å². The lowest BCUT2D eigenvalue weighted by molar-refractivity contribution is 0.224. The molecule has 0 heterocycles. The number of halogens is 2. The Hall–Kier alpha value is -1.91. The number of carbonyl (C=O) groups is 1. The molecule has 24 heavy (non-hydrogen) atoms. The molecular formula is C18H20Cl2N2O2. The Labute approximate surface area is 152 Å². The fourth-order valence-corrected chi connectivity index (χ4v) is 2.57. The summed E-state index contributed by atoms with van der Waals surface area (Å²) in [6.45, 7) is 4.44. The van der Waals surface area contributed by atoms with Crippen molar-refractivity contribution in [3.05, 3.63) is 63.1 Å². The van der Waals surface area contributed by atoms with Crippen molar-refractivity contribution in [2.45, 2.75) is 20.3 Å². The Balaban J connectivity index is 1.70. The highest BCUT2D eigenvalue weighted by Crippen LogP contribution is 2.25. The van der Waals surface area contributed by atoms with E-state index in [1.165, 1.54) is 0 Å². The largest absolute Gasteiger partial charge is 0.473 e. The number of carbonyl (C=O) groups excluding carboxylic acids is 1. The highest BCUT2D eigenvalue weighted by atomic mass is 35.5. The van der Waals surface area contributed by atoms with Gasteiger partial charge in [0.15, 0.2) is 6.73 Å². The lowest BCUT2D eigenvalue weighted by Gasteiger charge is -2.11. The molecule has 0 radical (unpaired) electrons.